The Labute approximate surface area is 107 Å². The summed E-state index contributed by atoms with van der Waals surface area (Å²) in [6, 6.07) is 8.26. The summed E-state index contributed by atoms with van der Waals surface area (Å²) in [5, 5.41) is 0.209. The zero-order valence-corrected chi connectivity index (χ0v) is 9.79. The maximum atomic E-state index is 13.2. The van der Waals surface area contributed by atoms with E-state index in [1.165, 1.54) is 18.2 Å². The Hall–Kier alpha value is -2.00. The van der Waals surface area contributed by atoms with Crippen LogP contribution in [0.25, 0.3) is 0 Å². The van der Waals surface area contributed by atoms with Crippen molar-refractivity contribution in [2.75, 3.05) is 0 Å². The van der Waals surface area contributed by atoms with Crippen LogP contribution in [0.4, 0.5) is 4.39 Å². The van der Waals surface area contributed by atoms with Gasteiger partial charge in [0, 0.05) is 16.7 Å². The van der Waals surface area contributed by atoms with Crippen LogP contribution in [0.2, 0.25) is 5.02 Å². The molecule has 0 bridgehead atoms. The van der Waals surface area contributed by atoms with Crippen molar-refractivity contribution in [1.29, 1.82) is 0 Å². The van der Waals surface area contributed by atoms with E-state index in [2.05, 4.69) is 0 Å². The number of carbonyl (C=O) groups excluding carboxylic acids is 2. The molecule has 0 heterocycles. The van der Waals surface area contributed by atoms with Gasteiger partial charge in [-0.3, -0.25) is 9.59 Å². The molecule has 18 heavy (non-hydrogen) atoms. The van der Waals surface area contributed by atoms with Crippen LogP contribution < -0.4 is 0 Å². The van der Waals surface area contributed by atoms with E-state index in [1.807, 2.05) is 0 Å². The number of ketones is 2. The zero-order valence-electron chi connectivity index (χ0n) is 9.04. The van der Waals surface area contributed by atoms with E-state index in [9.17, 15) is 14.0 Å². The van der Waals surface area contributed by atoms with Crippen molar-refractivity contribution in [2.24, 2.45) is 0 Å². The Balaban J connectivity index is 2.36. The molecule has 2 aromatic carbocycles. The Morgan fingerprint density at radius 1 is 0.889 bits per heavy atom. The average molecular weight is 261 g/mol. The highest BCUT2D eigenvalue weighted by Crippen LogP contribution is 2.31. The lowest BCUT2D eigenvalue weighted by molar-refractivity contribution is 0.0979. The normalized spacial score (nSPS) is 13.2. The molecule has 2 nitrogen and oxygen atoms in total. The lowest BCUT2D eigenvalue weighted by atomic mass is 9.84. The molecular formula is C14H6ClFO2. The van der Waals surface area contributed by atoms with Crippen LogP contribution in [0.3, 0.4) is 0 Å². The molecule has 3 rings (SSSR count). The highest BCUT2D eigenvalue weighted by atomic mass is 35.5. The van der Waals surface area contributed by atoms with Gasteiger partial charge in [-0.2, -0.15) is 0 Å². The van der Waals surface area contributed by atoms with Crippen LogP contribution in [-0.4, -0.2) is 11.6 Å². The fourth-order valence-electron chi connectivity index (χ4n) is 2.13. The number of carbonyl (C=O) groups is 2. The monoisotopic (exact) mass is 260 g/mol. The molecule has 0 fully saturated rings. The molecule has 0 aromatic heterocycles. The molecule has 1 aliphatic rings. The van der Waals surface area contributed by atoms with Crippen LogP contribution >= 0.6 is 11.6 Å². The number of hydrogen-bond acceptors (Lipinski definition) is 2. The van der Waals surface area contributed by atoms with Crippen LogP contribution in [0, 0.1) is 5.82 Å². The summed E-state index contributed by atoms with van der Waals surface area (Å²) in [6.07, 6.45) is 0. The molecule has 88 valence electrons. The van der Waals surface area contributed by atoms with Gasteiger partial charge in [-0.25, -0.2) is 4.39 Å². The van der Waals surface area contributed by atoms with Crippen molar-refractivity contribution in [3.8, 4) is 0 Å². The predicted octanol–water partition coefficient (Wildman–Crippen LogP) is 3.25. The summed E-state index contributed by atoms with van der Waals surface area (Å²) < 4.78 is 13.2. The molecule has 0 saturated carbocycles. The topological polar surface area (TPSA) is 34.1 Å². The van der Waals surface area contributed by atoms with E-state index in [1.54, 1.807) is 12.1 Å². The molecule has 0 N–H and O–H groups in total. The number of fused-ring (bicyclic) bond motifs is 2. The van der Waals surface area contributed by atoms with Gasteiger partial charge >= 0.3 is 0 Å². The first-order valence-corrected chi connectivity index (χ1v) is 5.65. The predicted molar refractivity (Wildman–Crippen MR) is 64.7 cm³/mol. The van der Waals surface area contributed by atoms with Crippen molar-refractivity contribution in [3.63, 3.8) is 0 Å². The first-order chi connectivity index (χ1) is 8.59. The van der Waals surface area contributed by atoms with E-state index in [4.69, 9.17) is 11.6 Å². The van der Waals surface area contributed by atoms with Crippen molar-refractivity contribution < 1.29 is 14.0 Å². The minimum Gasteiger partial charge on any atom is -0.289 e. The summed E-state index contributed by atoms with van der Waals surface area (Å²) >= 11 is 5.94. The van der Waals surface area contributed by atoms with Crippen LogP contribution in [0.15, 0.2) is 36.4 Å². The van der Waals surface area contributed by atoms with E-state index in [0.717, 1.165) is 6.07 Å². The number of benzene rings is 2. The second-order valence-electron chi connectivity index (χ2n) is 4.01. The van der Waals surface area contributed by atoms with Crippen LogP contribution in [0.1, 0.15) is 31.8 Å². The second kappa shape index (κ2) is 3.75. The second-order valence-corrected chi connectivity index (χ2v) is 4.42. The molecule has 0 amide bonds. The fraction of sp³-hybridized carbons (Fsp3) is 0. The van der Waals surface area contributed by atoms with Gasteiger partial charge in [0.1, 0.15) is 5.82 Å². The van der Waals surface area contributed by atoms with E-state index in [-0.39, 0.29) is 33.1 Å². The SMILES string of the molecule is O=C1c2ccc(F)cc2C(=O)c2c(Cl)cccc21. The number of rotatable bonds is 0. The fourth-order valence-corrected chi connectivity index (χ4v) is 2.39. The third kappa shape index (κ3) is 1.41. The molecule has 0 radical (unpaired) electrons. The van der Waals surface area contributed by atoms with Crippen LogP contribution in [-0.2, 0) is 0 Å². The smallest absolute Gasteiger partial charge is 0.196 e. The third-order valence-electron chi connectivity index (χ3n) is 2.96. The van der Waals surface area contributed by atoms with Crippen molar-refractivity contribution >= 4 is 23.2 Å². The van der Waals surface area contributed by atoms with Gasteiger partial charge in [-0.1, -0.05) is 23.7 Å². The maximum Gasteiger partial charge on any atom is 0.196 e. The van der Waals surface area contributed by atoms with Gasteiger partial charge in [0.25, 0.3) is 0 Å². The van der Waals surface area contributed by atoms with Gasteiger partial charge in [-0.15, -0.1) is 0 Å². The quantitative estimate of drug-likeness (QED) is 0.622. The molecular weight excluding hydrogens is 255 g/mol. The van der Waals surface area contributed by atoms with Crippen molar-refractivity contribution in [3.05, 3.63) is 69.5 Å². The lowest BCUT2D eigenvalue weighted by Gasteiger charge is -2.18. The third-order valence-corrected chi connectivity index (χ3v) is 3.27. The molecule has 0 spiro atoms. The molecule has 0 aliphatic heterocycles. The first kappa shape index (κ1) is 11.1. The summed E-state index contributed by atoms with van der Waals surface area (Å²) in [6.45, 7) is 0. The highest BCUT2D eigenvalue weighted by molar-refractivity contribution is 6.39. The molecule has 0 unspecified atom stereocenters. The standard InChI is InChI=1S/C14H6ClFO2/c15-11-3-1-2-9-12(11)14(18)10-6-7(16)4-5-8(10)13(9)17/h1-6H. The van der Waals surface area contributed by atoms with Gasteiger partial charge in [0.15, 0.2) is 11.6 Å². The van der Waals surface area contributed by atoms with Gasteiger partial charge < -0.3 is 0 Å². The van der Waals surface area contributed by atoms with Gasteiger partial charge in [0.05, 0.1) is 10.6 Å². The zero-order chi connectivity index (χ0) is 12.9. The minimum absolute atomic E-state index is 0.0700. The molecule has 2 aromatic rings. The highest BCUT2D eigenvalue weighted by Gasteiger charge is 2.31. The summed E-state index contributed by atoms with van der Waals surface area (Å²) in [5.74, 6) is -1.27. The minimum atomic E-state index is -0.551. The first-order valence-electron chi connectivity index (χ1n) is 5.27. The van der Waals surface area contributed by atoms with Crippen molar-refractivity contribution in [1.82, 2.24) is 0 Å². The summed E-state index contributed by atoms with van der Waals surface area (Å²) in [4.78, 5) is 24.4. The molecule has 1 aliphatic carbocycles. The van der Waals surface area contributed by atoms with E-state index < -0.39 is 11.6 Å². The largest absolute Gasteiger partial charge is 0.289 e. The van der Waals surface area contributed by atoms with Gasteiger partial charge in [-0.05, 0) is 24.3 Å². The number of hydrogen-bond donors (Lipinski definition) is 0. The van der Waals surface area contributed by atoms with E-state index in [0.29, 0.717) is 0 Å². The van der Waals surface area contributed by atoms with Crippen molar-refractivity contribution in [2.45, 2.75) is 0 Å². The molecule has 0 saturated heterocycles. The lowest BCUT2D eigenvalue weighted by Crippen LogP contribution is -2.21. The number of halogens is 2. The Morgan fingerprint density at radius 2 is 1.67 bits per heavy atom. The Morgan fingerprint density at radius 3 is 2.44 bits per heavy atom. The summed E-state index contributed by atoms with van der Waals surface area (Å²) in [7, 11) is 0. The average Bonchev–Trinajstić information content (AvgIpc) is 2.35. The summed E-state index contributed by atoms with van der Waals surface area (Å²) in [5.41, 5.74) is 0.714. The molecule has 0 atom stereocenters. The molecule has 4 heteroatoms. The van der Waals surface area contributed by atoms with E-state index >= 15 is 0 Å². The maximum absolute atomic E-state index is 13.2. The Kier molecular flexibility index (Phi) is 2.31. The van der Waals surface area contributed by atoms with Gasteiger partial charge in [0.2, 0.25) is 0 Å². The van der Waals surface area contributed by atoms with Crippen LogP contribution in [0.5, 0.6) is 0 Å². The Bertz CT molecular complexity index is 707.